The van der Waals surface area contributed by atoms with Gasteiger partial charge in [0.25, 0.3) is 0 Å². The van der Waals surface area contributed by atoms with E-state index in [-0.39, 0.29) is 12.3 Å². The molecule has 6 heteroatoms. The van der Waals surface area contributed by atoms with Crippen LogP contribution in [0, 0.1) is 0 Å². The normalized spacial score (nSPS) is 10.7. The Hall–Kier alpha value is -2.21. The summed E-state index contributed by atoms with van der Waals surface area (Å²) in [6, 6.07) is 9.33. The molecule has 0 radical (unpaired) electrons. The number of nitrogens with zero attached hydrogens (tertiary/aromatic N) is 2. The van der Waals surface area contributed by atoms with Crippen molar-refractivity contribution in [3.05, 3.63) is 52.9 Å². The van der Waals surface area contributed by atoms with Gasteiger partial charge < -0.3 is 5.32 Å². The van der Waals surface area contributed by atoms with E-state index < -0.39 is 0 Å². The molecule has 2 aromatic heterocycles. The number of fused-ring (bicyclic) bond motifs is 1. The summed E-state index contributed by atoms with van der Waals surface area (Å²) >= 11 is 3.48. The van der Waals surface area contributed by atoms with Crippen LogP contribution in [0.5, 0.6) is 0 Å². The summed E-state index contributed by atoms with van der Waals surface area (Å²) < 4.78 is 0.951. The van der Waals surface area contributed by atoms with Crippen LogP contribution >= 0.6 is 15.9 Å². The first kappa shape index (κ1) is 12.8. The number of aromatic amines is 1. The van der Waals surface area contributed by atoms with E-state index in [1.807, 2.05) is 24.3 Å². The minimum absolute atomic E-state index is 0.108. The van der Waals surface area contributed by atoms with Gasteiger partial charge in [0, 0.05) is 27.9 Å². The number of halogens is 1. The first-order valence-corrected chi connectivity index (χ1v) is 6.84. The highest BCUT2D eigenvalue weighted by atomic mass is 79.9. The second kappa shape index (κ2) is 5.42. The largest absolute Gasteiger partial charge is 0.324 e. The van der Waals surface area contributed by atoms with Crippen LogP contribution < -0.4 is 5.32 Å². The lowest BCUT2D eigenvalue weighted by atomic mass is 10.2. The van der Waals surface area contributed by atoms with Crippen LogP contribution in [0.2, 0.25) is 0 Å². The highest BCUT2D eigenvalue weighted by molar-refractivity contribution is 9.10. The number of H-pyrrole nitrogens is 1. The van der Waals surface area contributed by atoms with Gasteiger partial charge in [-0.15, -0.1) is 0 Å². The molecule has 0 fully saturated rings. The van der Waals surface area contributed by atoms with Crippen molar-refractivity contribution in [2.75, 3.05) is 5.32 Å². The molecule has 0 aliphatic heterocycles. The molecule has 0 aliphatic rings. The van der Waals surface area contributed by atoms with Gasteiger partial charge in [-0.2, -0.15) is 5.10 Å². The summed E-state index contributed by atoms with van der Waals surface area (Å²) in [5.74, 6) is -0.108. The standard InChI is InChI=1S/C14H11BrN4O/c15-11-3-4-12(14-10(11)2-1-6-16-14)18-13(20)8-9-5-7-17-19-9/h1-7H,8H2,(H,17,19)(H,18,20). The molecule has 100 valence electrons. The summed E-state index contributed by atoms with van der Waals surface area (Å²) in [6.07, 6.45) is 3.59. The zero-order chi connectivity index (χ0) is 13.9. The zero-order valence-corrected chi connectivity index (χ0v) is 12.0. The van der Waals surface area contributed by atoms with Gasteiger partial charge in [0.05, 0.1) is 17.6 Å². The Labute approximate surface area is 123 Å². The molecular weight excluding hydrogens is 320 g/mol. The van der Waals surface area contributed by atoms with E-state index in [4.69, 9.17) is 0 Å². The van der Waals surface area contributed by atoms with Crippen molar-refractivity contribution in [3.8, 4) is 0 Å². The minimum atomic E-state index is -0.108. The maximum absolute atomic E-state index is 12.0. The highest BCUT2D eigenvalue weighted by Gasteiger charge is 2.09. The smallest absolute Gasteiger partial charge is 0.230 e. The Kier molecular flexibility index (Phi) is 3.47. The summed E-state index contributed by atoms with van der Waals surface area (Å²) in [5.41, 5.74) is 2.24. The van der Waals surface area contributed by atoms with E-state index in [0.717, 1.165) is 21.1 Å². The summed E-state index contributed by atoms with van der Waals surface area (Å²) in [4.78, 5) is 16.3. The van der Waals surface area contributed by atoms with Gasteiger partial charge in [0.1, 0.15) is 0 Å². The van der Waals surface area contributed by atoms with Gasteiger partial charge >= 0.3 is 0 Å². The van der Waals surface area contributed by atoms with Crippen LogP contribution in [-0.2, 0) is 11.2 Å². The van der Waals surface area contributed by atoms with Crippen molar-refractivity contribution >= 4 is 38.4 Å². The van der Waals surface area contributed by atoms with Gasteiger partial charge in [-0.05, 0) is 24.3 Å². The van der Waals surface area contributed by atoms with Gasteiger partial charge in [-0.25, -0.2) is 0 Å². The molecule has 3 rings (SSSR count). The predicted octanol–water partition coefficient (Wildman–Crippen LogP) is 2.90. The first-order valence-electron chi connectivity index (χ1n) is 6.05. The van der Waals surface area contributed by atoms with Crippen LogP contribution in [0.4, 0.5) is 5.69 Å². The average molecular weight is 331 g/mol. The van der Waals surface area contributed by atoms with E-state index in [0.29, 0.717) is 5.69 Å². The fraction of sp³-hybridized carbons (Fsp3) is 0.0714. The molecule has 0 bridgehead atoms. The van der Waals surface area contributed by atoms with Crippen molar-refractivity contribution < 1.29 is 4.79 Å². The van der Waals surface area contributed by atoms with Crippen molar-refractivity contribution in [3.63, 3.8) is 0 Å². The van der Waals surface area contributed by atoms with Gasteiger partial charge in [-0.3, -0.25) is 14.9 Å². The highest BCUT2D eigenvalue weighted by Crippen LogP contribution is 2.28. The lowest BCUT2D eigenvalue weighted by Crippen LogP contribution is -2.15. The number of carbonyl (C=O) groups excluding carboxylic acids is 1. The number of pyridine rings is 1. The van der Waals surface area contributed by atoms with Crippen molar-refractivity contribution in [2.24, 2.45) is 0 Å². The second-order valence-corrected chi connectivity index (χ2v) is 5.16. The number of hydrogen-bond donors (Lipinski definition) is 2. The topological polar surface area (TPSA) is 70.7 Å². The zero-order valence-electron chi connectivity index (χ0n) is 10.4. The van der Waals surface area contributed by atoms with Crippen LogP contribution in [0.3, 0.4) is 0 Å². The Morgan fingerprint density at radius 3 is 2.95 bits per heavy atom. The number of aromatic nitrogens is 3. The molecule has 0 spiro atoms. The molecule has 5 nitrogen and oxygen atoms in total. The molecule has 2 heterocycles. The summed E-state index contributed by atoms with van der Waals surface area (Å²) in [7, 11) is 0. The maximum atomic E-state index is 12.0. The van der Waals surface area contributed by atoms with Crippen LogP contribution in [-0.4, -0.2) is 21.1 Å². The molecule has 0 saturated carbocycles. The number of anilines is 1. The quantitative estimate of drug-likeness (QED) is 0.775. The van der Waals surface area contributed by atoms with Crippen LogP contribution in [0.25, 0.3) is 10.9 Å². The lowest BCUT2D eigenvalue weighted by molar-refractivity contribution is -0.115. The Morgan fingerprint density at radius 1 is 1.25 bits per heavy atom. The van der Waals surface area contributed by atoms with Crippen molar-refractivity contribution in [2.45, 2.75) is 6.42 Å². The SMILES string of the molecule is O=C(Cc1ccn[nH]1)Nc1ccc(Br)c2cccnc12. The van der Waals surface area contributed by atoms with E-state index in [9.17, 15) is 4.79 Å². The number of hydrogen-bond acceptors (Lipinski definition) is 3. The maximum Gasteiger partial charge on any atom is 0.230 e. The average Bonchev–Trinajstić information content (AvgIpc) is 2.95. The fourth-order valence-electron chi connectivity index (χ4n) is 1.99. The molecular formula is C14H11BrN4O. The first-order chi connectivity index (χ1) is 9.74. The number of nitrogens with one attached hydrogen (secondary N) is 2. The Morgan fingerprint density at radius 2 is 2.15 bits per heavy atom. The second-order valence-electron chi connectivity index (χ2n) is 4.30. The third-order valence-electron chi connectivity index (χ3n) is 2.90. The molecule has 2 N–H and O–H groups in total. The fourth-order valence-corrected chi connectivity index (χ4v) is 2.44. The van der Waals surface area contributed by atoms with E-state index in [1.54, 1.807) is 18.5 Å². The van der Waals surface area contributed by atoms with Crippen molar-refractivity contribution in [1.82, 2.24) is 15.2 Å². The third-order valence-corrected chi connectivity index (χ3v) is 3.59. The van der Waals surface area contributed by atoms with Crippen molar-refractivity contribution in [1.29, 1.82) is 0 Å². The van der Waals surface area contributed by atoms with E-state index in [2.05, 4.69) is 36.4 Å². The molecule has 3 aromatic rings. The number of carbonyl (C=O) groups is 1. The molecule has 0 atom stereocenters. The van der Waals surface area contributed by atoms with E-state index >= 15 is 0 Å². The monoisotopic (exact) mass is 330 g/mol. The van der Waals surface area contributed by atoms with Gasteiger partial charge in [-0.1, -0.05) is 22.0 Å². The molecule has 1 aromatic carbocycles. The van der Waals surface area contributed by atoms with Crippen LogP contribution in [0.1, 0.15) is 5.69 Å². The van der Waals surface area contributed by atoms with Gasteiger partial charge in [0.15, 0.2) is 0 Å². The van der Waals surface area contributed by atoms with Crippen LogP contribution in [0.15, 0.2) is 47.2 Å². The number of amides is 1. The lowest BCUT2D eigenvalue weighted by Gasteiger charge is -2.08. The molecule has 0 saturated heterocycles. The number of rotatable bonds is 3. The van der Waals surface area contributed by atoms with E-state index in [1.165, 1.54) is 0 Å². The molecule has 20 heavy (non-hydrogen) atoms. The molecule has 1 amide bonds. The summed E-state index contributed by atoms with van der Waals surface area (Å²) in [5, 5.41) is 10.4. The predicted molar refractivity (Wildman–Crippen MR) is 80.4 cm³/mol. The Bertz CT molecular complexity index is 755. The van der Waals surface area contributed by atoms with Gasteiger partial charge in [0.2, 0.25) is 5.91 Å². The summed E-state index contributed by atoms with van der Waals surface area (Å²) in [6.45, 7) is 0. The minimum Gasteiger partial charge on any atom is -0.324 e. The molecule has 0 unspecified atom stereocenters. The number of benzene rings is 1. The molecule has 0 aliphatic carbocycles. The third kappa shape index (κ3) is 2.55. The Balaban J connectivity index is 1.87.